The number of rotatable bonds is 2. The third-order valence-electron chi connectivity index (χ3n) is 3.57. The zero-order valence-electron chi connectivity index (χ0n) is 12.1. The van der Waals surface area contributed by atoms with E-state index in [1.54, 1.807) is 10.4 Å². The van der Waals surface area contributed by atoms with Crippen molar-refractivity contribution in [1.29, 1.82) is 0 Å². The van der Waals surface area contributed by atoms with Crippen molar-refractivity contribution >= 4 is 33.3 Å². The quantitative estimate of drug-likeness (QED) is 0.864. The lowest BCUT2D eigenvalue weighted by atomic mass is 10.2. The van der Waals surface area contributed by atoms with Gasteiger partial charge in [0.25, 0.3) is 0 Å². The maximum absolute atomic E-state index is 12.5. The molecule has 1 aliphatic heterocycles. The van der Waals surface area contributed by atoms with Crippen LogP contribution in [0.2, 0.25) is 0 Å². The van der Waals surface area contributed by atoms with Crippen LogP contribution in [0.4, 0.5) is 4.79 Å². The number of amides is 2. The second kappa shape index (κ2) is 6.66. The molecule has 2 heterocycles. The Kier molecular flexibility index (Phi) is 4.63. The summed E-state index contributed by atoms with van der Waals surface area (Å²) in [5.41, 5.74) is 3.65. The molecule has 0 fully saturated rings. The standard InChI is InChI=1S/C15H16BrN3O2S/c1-10(13-8-22-9-17-13)18-15(20)19-5-6-21-14-4-2-3-12(16)11(14)7-19/h2-4,8-10H,5-7H2,1H3,(H,18,20). The maximum atomic E-state index is 12.5. The predicted molar refractivity (Wildman–Crippen MR) is 89.1 cm³/mol. The molecule has 116 valence electrons. The second-order valence-corrected chi connectivity index (χ2v) is 6.64. The van der Waals surface area contributed by atoms with Crippen molar-refractivity contribution < 1.29 is 9.53 Å². The molecule has 1 aromatic heterocycles. The van der Waals surface area contributed by atoms with E-state index in [0.29, 0.717) is 19.7 Å². The maximum Gasteiger partial charge on any atom is 0.318 e. The zero-order chi connectivity index (χ0) is 15.5. The van der Waals surface area contributed by atoms with Crippen LogP contribution >= 0.6 is 27.3 Å². The van der Waals surface area contributed by atoms with Gasteiger partial charge in [-0.1, -0.05) is 22.0 Å². The summed E-state index contributed by atoms with van der Waals surface area (Å²) < 4.78 is 6.68. The van der Waals surface area contributed by atoms with Crippen LogP contribution in [-0.4, -0.2) is 29.1 Å². The highest BCUT2D eigenvalue weighted by Crippen LogP contribution is 2.30. The van der Waals surface area contributed by atoms with E-state index in [1.807, 2.05) is 30.5 Å². The molecule has 1 N–H and O–H groups in total. The highest BCUT2D eigenvalue weighted by Gasteiger charge is 2.23. The van der Waals surface area contributed by atoms with E-state index < -0.39 is 0 Å². The molecule has 0 bridgehead atoms. The number of urea groups is 1. The Morgan fingerprint density at radius 2 is 2.41 bits per heavy atom. The molecule has 0 saturated heterocycles. The minimum absolute atomic E-state index is 0.104. The molecule has 22 heavy (non-hydrogen) atoms. The minimum atomic E-state index is -0.110. The van der Waals surface area contributed by atoms with Crippen molar-refractivity contribution in [3.63, 3.8) is 0 Å². The molecule has 5 nitrogen and oxygen atoms in total. The van der Waals surface area contributed by atoms with Crippen molar-refractivity contribution in [3.8, 4) is 5.75 Å². The van der Waals surface area contributed by atoms with Gasteiger partial charge in [0.1, 0.15) is 12.4 Å². The number of halogens is 1. The second-order valence-electron chi connectivity index (χ2n) is 5.07. The molecule has 3 rings (SSSR count). The van der Waals surface area contributed by atoms with Crippen LogP contribution in [-0.2, 0) is 6.54 Å². The van der Waals surface area contributed by atoms with Crippen LogP contribution in [0, 0.1) is 0 Å². The van der Waals surface area contributed by atoms with Gasteiger partial charge in [0.05, 0.1) is 30.3 Å². The lowest BCUT2D eigenvalue weighted by molar-refractivity contribution is 0.184. The third-order valence-corrected chi connectivity index (χ3v) is 4.91. The first-order valence-electron chi connectivity index (χ1n) is 6.99. The average molecular weight is 382 g/mol. The lowest BCUT2D eigenvalue weighted by Gasteiger charge is -2.23. The summed E-state index contributed by atoms with van der Waals surface area (Å²) in [6.45, 7) is 3.50. The molecule has 7 heteroatoms. The van der Waals surface area contributed by atoms with Crippen LogP contribution in [0.15, 0.2) is 33.6 Å². The molecule has 2 aromatic rings. The van der Waals surface area contributed by atoms with Crippen molar-refractivity contribution in [3.05, 3.63) is 44.8 Å². The smallest absolute Gasteiger partial charge is 0.318 e. The zero-order valence-corrected chi connectivity index (χ0v) is 14.5. The number of aromatic nitrogens is 1. The van der Waals surface area contributed by atoms with Crippen LogP contribution in [0.1, 0.15) is 24.2 Å². The predicted octanol–water partition coefficient (Wildman–Crippen LogP) is 3.57. The first kappa shape index (κ1) is 15.3. The van der Waals surface area contributed by atoms with E-state index in [0.717, 1.165) is 21.5 Å². The molecular weight excluding hydrogens is 366 g/mol. The Balaban J connectivity index is 1.72. The molecule has 0 spiro atoms. The normalized spacial score (nSPS) is 15.5. The van der Waals surface area contributed by atoms with E-state index in [1.165, 1.54) is 11.3 Å². The first-order chi connectivity index (χ1) is 10.6. The minimum Gasteiger partial charge on any atom is -0.491 e. The van der Waals surface area contributed by atoms with Gasteiger partial charge >= 0.3 is 6.03 Å². The molecule has 0 radical (unpaired) electrons. The molecule has 0 aliphatic carbocycles. The van der Waals surface area contributed by atoms with Crippen LogP contribution in [0.3, 0.4) is 0 Å². The molecule has 0 saturated carbocycles. The van der Waals surface area contributed by atoms with E-state index >= 15 is 0 Å². The lowest BCUT2D eigenvalue weighted by Crippen LogP contribution is -2.41. The molecule has 1 atom stereocenters. The van der Waals surface area contributed by atoms with Gasteiger partial charge in [0.2, 0.25) is 0 Å². The number of ether oxygens (including phenoxy) is 1. The third kappa shape index (κ3) is 3.25. The Labute approximate surface area is 141 Å². The summed E-state index contributed by atoms with van der Waals surface area (Å²) >= 11 is 5.05. The van der Waals surface area contributed by atoms with Crippen molar-refractivity contribution in [2.24, 2.45) is 0 Å². The molecule has 2 amide bonds. The monoisotopic (exact) mass is 381 g/mol. The van der Waals surface area contributed by atoms with Gasteiger partial charge in [-0.2, -0.15) is 0 Å². The Bertz CT molecular complexity index is 663. The number of carbonyl (C=O) groups is 1. The van der Waals surface area contributed by atoms with E-state index in [2.05, 4.69) is 26.2 Å². The van der Waals surface area contributed by atoms with Crippen LogP contribution in [0.5, 0.6) is 5.75 Å². The summed E-state index contributed by atoms with van der Waals surface area (Å²) in [4.78, 5) is 18.5. The highest BCUT2D eigenvalue weighted by atomic mass is 79.9. The van der Waals surface area contributed by atoms with Gasteiger partial charge in [-0.05, 0) is 19.1 Å². The van der Waals surface area contributed by atoms with Crippen LogP contribution in [0.25, 0.3) is 0 Å². The number of carbonyl (C=O) groups excluding carboxylic acids is 1. The van der Waals surface area contributed by atoms with Crippen molar-refractivity contribution in [2.75, 3.05) is 13.2 Å². The summed E-state index contributed by atoms with van der Waals surface area (Å²) in [5.74, 6) is 0.831. The highest BCUT2D eigenvalue weighted by molar-refractivity contribution is 9.10. The van der Waals surface area contributed by atoms with Crippen molar-refractivity contribution in [1.82, 2.24) is 15.2 Å². The summed E-state index contributed by atoms with van der Waals surface area (Å²) in [7, 11) is 0. The van der Waals surface area contributed by atoms with E-state index in [4.69, 9.17) is 4.74 Å². The first-order valence-corrected chi connectivity index (χ1v) is 8.72. The average Bonchev–Trinajstić information content (AvgIpc) is 2.94. The fourth-order valence-electron chi connectivity index (χ4n) is 2.32. The number of hydrogen-bond donors (Lipinski definition) is 1. The van der Waals surface area contributed by atoms with Gasteiger partial charge in [-0.15, -0.1) is 11.3 Å². The number of benzene rings is 1. The topological polar surface area (TPSA) is 54.5 Å². The van der Waals surface area contributed by atoms with Gasteiger partial charge in [-0.3, -0.25) is 0 Å². The van der Waals surface area contributed by atoms with Crippen LogP contribution < -0.4 is 10.1 Å². The number of nitrogens with one attached hydrogen (secondary N) is 1. The van der Waals surface area contributed by atoms with E-state index in [9.17, 15) is 4.79 Å². The largest absolute Gasteiger partial charge is 0.491 e. The number of fused-ring (bicyclic) bond motifs is 1. The Morgan fingerprint density at radius 3 is 3.18 bits per heavy atom. The number of hydrogen-bond acceptors (Lipinski definition) is 4. The van der Waals surface area contributed by atoms with Gasteiger partial charge in [0, 0.05) is 15.4 Å². The number of thiazole rings is 1. The molecule has 1 unspecified atom stereocenters. The summed E-state index contributed by atoms with van der Waals surface area (Å²) in [5, 5.41) is 4.94. The summed E-state index contributed by atoms with van der Waals surface area (Å²) in [6, 6.07) is 5.61. The fourth-order valence-corrected chi connectivity index (χ4v) is 3.44. The summed E-state index contributed by atoms with van der Waals surface area (Å²) in [6.07, 6.45) is 0. The Hall–Kier alpha value is -1.60. The van der Waals surface area contributed by atoms with E-state index in [-0.39, 0.29) is 12.1 Å². The molecular formula is C15H16BrN3O2S. The SMILES string of the molecule is CC(NC(=O)N1CCOc2cccc(Br)c2C1)c1cscn1. The van der Waals surface area contributed by atoms with Gasteiger partial charge < -0.3 is 15.0 Å². The fraction of sp³-hybridized carbons (Fsp3) is 0.333. The van der Waals surface area contributed by atoms with Crippen molar-refractivity contribution in [2.45, 2.75) is 19.5 Å². The van der Waals surface area contributed by atoms with Gasteiger partial charge in [0.15, 0.2) is 0 Å². The molecule has 1 aromatic carbocycles. The molecule has 1 aliphatic rings. The number of nitrogens with zero attached hydrogens (tertiary/aromatic N) is 2. The van der Waals surface area contributed by atoms with Gasteiger partial charge in [-0.25, -0.2) is 9.78 Å². The Morgan fingerprint density at radius 1 is 1.55 bits per heavy atom.